The van der Waals surface area contributed by atoms with E-state index < -0.39 is 15.9 Å². The highest BCUT2D eigenvalue weighted by Gasteiger charge is 2.21. The quantitative estimate of drug-likeness (QED) is 0.430. The lowest BCUT2D eigenvalue weighted by Gasteiger charge is -2.19. The Morgan fingerprint density at radius 2 is 1.53 bits per heavy atom. The van der Waals surface area contributed by atoms with Crippen molar-refractivity contribution in [2.24, 2.45) is 5.10 Å². The molecule has 9 heteroatoms. The SMILES string of the molecule is CN(c1ccc(C(=O)N/N=C\c2c(Cl)cccc2Cl)cc1)S(=O)(=O)c1ccccc1. The maximum absolute atomic E-state index is 12.7. The summed E-state index contributed by atoms with van der Waals surface area (Å²) >= 11 is 12.1. The third kappa shape index (κ3) is 4.81. The largest absolute Gasteiger partial charge is 0.271 e. The van der Waals surface area contributed by atoms with Gasteiger partial charge >= 0.3 is 0 Å². The number of carbonyl (C=O) groups excluding carboxylic acids is 1. The van der Waals surface area contributed by atoms with Gasteiger partial charge in [-0.15, -0.1) is 0 Å². The zero-order valence-corrected chi connectivity index (χ0v) is 18.1. The Balaban J connectivity index is 1.71. The van der Waals surface area contributed by atoms with Crippen molar-refractivity contribution in [3.8, 4) is 0 Å². The van der Waals surface area contributed by atoms with E-state index in [0.29, 0.717) is 26.9 Å². The average Bonchev–Trinajstić information content (AvgIpc) is 2.76. The zero-order chi connectivity index (χ0) is 21.7. The summed E-state index contributed by atoms with van der Waals surface area (Å²) in [5, 5.41) is 4.70. The van der Waals surface area contributed by atoms with Crippen molar-refractivity contribution < 1.29 is 13.2 Å². The van der Waals surface area contributed by atoms with Crippen LogP contribution in [-0.2, 0) is 10.0 Å². The van der Waals surface area contributed by atoms with Crippen molar-refractivity contribution in [2.75, 3.05) is 11.4 Å². The highest BCUT2D eigenvalue weighted by atomic mass is 35.5. The fraction of sp³-hybridized carbons (Fsp3) is 0.0476. The van der Waals surface area contributed by atoms with Crippen LogP contribution >= 0.6 is 23.2 Å². The molecule has 0 saturated carbocycles. The molecule has 30 heavy (non-hydrogen) atoms. The van der Waals surface area contributed by atoms with Crippen molar-refractivity contribution >= 4 is 51.0 Å². The first kappa shape index (κ1) is 21.8. The molecular formula is C21H17Cl2N3O3S. The zero-order valence-electron chi connectivity index (χ0n) is 15.8. The first-order chi connectivity index (χ1) is 14.3. The second-order valence-electron chi connectivity index (χ2n) is 6.17. The van der Waals surface area contributed by atoms with E-state index in [9.17, 15) is 13.2 Å². The van der Waals surface area contributed by atoms with Crippen LogP contribution in [0.1, 0.15) is 15.9 Å². The van der Waals surface area contributed by atoms with E-state index in [0.717, 1.165) is 4.31 Å². The van der Waals surface area contributed by atoms with Gasteiger partial charge < -0.3 is 0 Å². The van der Waals surface area contributed by atoms with E-state index >= 15 is 0 Å². The minimum atomic E-state index is -3.69. The molecular weight excluding hydrogens is 445 g/mol. The fourth-order valence-corrected chi connectivity index (χ4v) is 4.28. The van der Waals surface area contributed by atoms with Gasteiger partial charge in [0.1, 0.15) is 0 Å². The number of hydrogen-bond donors (Lipinski definition) is 1. The maximum Gasteiger partial charge on any atom is 0.271 e. The molecule has 0 heterocycles. The molecule has 3 rings (SSSR count). The molecule has 0 aliphatic carbocycles. The lowest BCUT2D eigenvalue weighted by Crippen LogP contribution is -2.26. The summed E-state index contributed by atoms with van der Waals surface area (Å²) in [6, 6.07) is 19.3. The van der Waals surface area contributed by atoms with Gasteiger partial charge in [-0.2, -0.15) is 5.10 Å². The Morgan fingerprint density at radius 3 is 2.13 bits per heavy atom. The van der Waals surface area contributed by atoms with Crippen LogP contribution in [0.15, 0.2) is 82.8 Å². The summed E-state index contributed by atoms with van der Waals surface area (Å²) in [6.07, 6.45) is 1.36. The number of hydrogen-bond acceptors (Lipinski definition) is 4. The maximum atomic E-state index is 12.7. The van der Waals surface area contributed by atoms with Crippen LogP contribution < -0.4 is 9.73 Å². The second-order valence-corrected chi connectivity index (χ2v) is 8.95. The topological polar surface area (TPSA) is 78.8 Å². The first-order valence-electron chi connectivity index (χ1n) is 8.72. The third-order valence-electron chi connectivity index (χ3n) is 4.25. The number of rotatable bonds is 6. The molecule has 0 aliphatic heterocycles. The van der Waals surface area contributed by atoms with Crippen molar-refractivity contribution in [1.29, 1.82) is 0 Å². The van der Waals surface area contributed by atoms with Crippen LogP contribution in [0.2, 0.25) is 10.0 Å². The number of amides is 1. The molecule has 6 nitrogen and oxygen atoms in total. The van der Waals surface area contributed by atoms with Gasteiger partial charge in [-0.25, -0.2) is 13.8 Å². The standard InChI is InChI=1S/C21H17Cl2N3O3S/c1-26(30(28,29)17-6-3-2-4-7-17)16-12-10-15(11-13-16)21(27)25-24-14-18-19(22)8-5-9-20(18)23/h2-14H,1H3,(H,25,27)/b24-14-. The molecule has 0 saturated heterocycles. The summed E-state index contributed by atoms with van der Waals surface area (Å²) in [7, 11) is -2.24. The molecule has 154 valence electrons. The fourth-order valence-electron chi connectivity index (χ4n) is 2.57. The molecule has 1 N–H and O–H groups in total. The molecule has 3 aromatic rings. The number of benzene rings is 3. The van der Waals surface area contributed by atoms with E-state index in [-0.39, 0.29) is 4.90 Å². The number of anilines is 1. The molecule has 0 aromatic heterocycles. The van der Waals surface area contributed by atoms with E-state index in [1.54, 1.807) is 48.5 Å². The lowest BCUT2D eigenvalue weighted by atomic mass is 10.2. The average molecular weight is 462 g/mol. The first-order valence-corrected chi connectivity index (χ1v) is 10.9. The molecule has 0 radical (unpaired) electrons. The Labute approximate surface area is 184 Å². The monoisotopic (exact) mass is 461 g/mol. The molecule has 0 aliphatic rings. The third-order valence-corrected chi connectivity index (χ3v) is 6.71. The summed E-state index contributed by atoms with van der Waals surface area (Å²) < 4.78 is 26.5. The van der Waals surface area contributed by atoms with Gasteiger partial charge in [-0.05, 0) is 48.5 Å². The van der Waals surface area contributed by atoms with Crippen LogP contribution in [0.3, 0.4) is 0 Å². The van der Waals surface area contributed by atoms with Gasteiger partial charge in [0.2, 0.25) is 0 Å². The summed E-state index contributed by atoms with van der Waals surface area (Å²) in [5.74, 6) is -0.463. The van der Waals surface area contributed by atoms with Gasteiger partial charge in [0.15, 0.2) is 0 Å². The van der Waals surface area contributed by atoms with E-state index in [4.69, 9.17) is 23.2 Å². The van der Waals surface area contributed by atoms with Gasteiger partial charge in [0.25, 0.3) is 15.9 Å². The van der Waals surface area contributed by atoms with Gasteiger partial charge in [-0.3, -0.25) is 9.10 Å². The normalized spacial score (nSPS) is 11.4. The number of carbonyl (C=O) groups is 1. The smallest absolute Gasteiger partial charge is 0.269 e. The van der Waals surface area contributed by atoms with Crippen molar-refractivity contribution in [1.82, 2.24) is 5.43 Å². The number of hydrazone groups is 1. The molecule has 3 aromatic carbocycles. The molecule has 0 spiro atoms. The summed E-state index contributed by atoms with van der Waals surface area (Å²) in [6.45, 7) is 0. The molecule has 0 unspecified atom stereocenters. The Morgan fingerprint density at radius 1 is 0.933 bits per heavy atom. The van der Waals surface area contributed by atoms with E-state index in [1.807, 2.05) is 0 Å². The van der Waals surface area contributed by atoms with Gasteiger partial charge in [-0.1, -0.05) is 47.5 Å². The van der Waals surface area contributed by atoms with Crippen molar-refractivity contribution in [3.05, 3.63) is 94.0 Å². The van der Waals surface area contributed by atoms with E-state index in [2.05, 4.69) is 10.5 Å². The lowest BCUT2D eigenvalue weighted by molar-refractivity contribution is 0.0955. The van der Waals surface area contributed by atoms with Crippen LogP contribution in [0, 0.1) is 0 Å². The highest BCUT2D eigenvalue weighted by molar-refractivity contribution is 7.92. The van der Waals surface area contributed by atoms with Crippen molar-refractivity contribution in [3.63, 3.8) is 0 Å². The number of sulfonamides is 1. The summed E-state index contributed by atoms with van der Waals surface area (Å²) in [5.41, 5.74) is 3.61. The van der Waals surface area contributed by atoms with Crippen molar-refractivity contribution in [2.45, 2.75) is 4.90 Å². The van der Waals surface area contributed by atoms with Crippen LogP contribution in [-0.4, -0.2) is 27.6 Å². The van der Waals surface area contributed by atoms with Crippen LogP contribution in [0.4, 0.5) is 5.69 Å². The predicted molar refractivity (Wildman–Crippen MR) is 120 cm³/mol. The molecule has 0 bridgehead atoms. The Bertz CT molecular complexity index is 1160. The Hall–Kier alpha value is -2.87. The Kier molecular flexibility index (Phi) is 6.77. The molecule has 0 fully saturated rings. The van der Waals surface area contributed by atoms with Crippen LogP contribution in [0.25, 0.3) is 0 Å². The predicted octanol–water partition coefficient (Wildman–Crippen LogP) is 4.58. The minimum absolute atomic E-state index is 0.182. The summed E-state index contributed by atoms with van der Waals surface area (Å²) in [4.78, 5) is 12.5. The number of halogens is 2. The highest BCUT2D eigenvalue weighted by Crippen LogP contribution is 2.23. The second kappa shape index (κ2) is 9.30. The number of nitrogens with one attached hydrogen (secondary N) is 1. The minimum Gasteiger partial charge on any atom is -0.269 e. The molecule has 0 atom stereocenters. The van der Waals surface area contributed by atoms with Gasteiger partial charge in [0.05, 0.1) is 26.8 Å². The van der Waals surface area contributed by atoms with E-state index in [1.165, 1.54) is 37.5 Å². The van der Waals surface area contributed by atoms with Crippen LogP contribution in [0.5, 0.6) is 0 Å². The van der Waals surface area contributed by atoms with Gasteiger partial charge in [0, 0.05) is 18.2 Å². The molecule has 1 amide bonds. The number of nitrogens with zero attached hydrogens (tertiary/aromatic N) is 2.